The van der Waals surface area contributed by atoms with Gasteiger partial charge in [0.15, 0.2) is 0 Å². The summed E-state index contributed by atoms with van der Waals surface area (Å²) in [7, 11) is 0. The molecule has 0 saturated carbocycles. The summed E-state index contributed by atoms with van der Waals surface area (Å²) in [5.41, 5.74) is 0.180. The average Bonchev–Trinajstić information content (AvgIpc) is 2.87. The lowest BCUT2D eigenvalue weighted by molar-refractivity contribution is -0.274. The topological polar surface area (TPSA) is 74.5 Å². The molecule has 0 N–H and O–H groups in total. The fourth-order valence-corrected chi connectivity index (χ4v) is 1.45. The van der Waals surface area contributed by atoms with Gasteiger partial charge in [0, 0.05) is 5.56 Å². The van der Waals surface area contributed by atoms with Crippen molar-refractivity contribution in [3.63, 3.8) is 0 Å². The Balaban J connectivity index is 2.22. The van der Waals surface area contributed by atoms with Crippen LogP contribution in [-0.2, 0) is 4.74 Å². The number of aromatic nitrogens is 2. The Morgan fingerprint density at radius 3 is 2.81 bits per heavy atom. The fourth-order valence-electron chi connectivity index (χ4n) is 1.45. The van der Waals surface area contributed by atoms with E-state index in [4.69, 9.17) is 4.52 Å². The highest BCUT2D eigenvalue weighted by Crippen LogP contribution is 2.27. The number of benzene rings is 1. The lowest BCUT2D eigenvalue weighted by atomic mass is 10.2. The molecule has 0 bridgehead atoms. The lowest BCUT2D eigenvalue weighted by Crippen LogP contribution is -2.17. The van der Waals surface area contributed by atoms with Crippen molar-refractivity contribution in [2.45, 2.75) is 13.3 Å². The van der Waals surface area contributed by atoms with E-state index in [0.29, 0.717) is 0 Å². The van der Waals surface area contributed by atoms with Crippen LogP contribution >= 0.6 is 0 Å². The van der Waals surface area contributed by atoms with Gasteiger partial charge in [0.2, 0.25) is 0 Å². The zero-order valence-corrected chi connectivity index (χ0v) is 10.7. The summed E-state index contributed by atoms with van der Waals surface area (Å²) in [4.78, 5) is 15.1. The van der Waals surface area contributed by atoms with Gasteiger partial charge >= 0.3 is 12.3 Å². The molecule has 0 aliphatic carbocycles. The Hall–Kier alpha value is -2.58. The van der Waals surface area contributed by atoms with Gasteiger partial charge in [-0.25, -0.2) is 4.79 Å². The van der Waals surface area contributed by atoms with Crippen LogP contribution in [0.1, 0.15) is 17.5 Å². The summed E-state index contributed by atoms with van der Waals surface area (Å²) in [6, 6.07) is 4.95. The lowest BCUT2D eigenvalue weighted by Gasteiger charge is -2.08. The molecule has 0 radical (unpaired) electrons. The predicted molar refractivity (Wildman–Crippen MR) is 62.4 cm³/mol. The second-order valence-electron chi connectivity index (χ2n) is 3.72. The number of nitrogens with zero attached hydrogens (tertiary/aromatic N) is 2. The minimum atomic E-state index is -4.80. The first-order chi connectivity index (χ1) is 9.89. The Kier molecular flexibility index (Phi) is 4.10. The molecule has 0 unspecified atom stereocenters. The van der Waals surface area contributed by atoms with Crippen molar-refractivity contribution in [2.75, 3.05) is 6.61 Å². The number of carbonyl (C=O) groups is 1. The van der Waals surface area contributed by atoms with E-state index in [9.17, 15) is 18.0 Å². The van der Waals surface area contributed by atoms with Gasteiger partial charge in [-0.2, -0.15) is 4.98 Å². The highest BCUT2D eigenvalue weighted by atomic mass is 19.4. The largest absolute Gasteiger partial charge is 0.573 e. The molecule has 0 aliphatic rings. The highest BCUT2D eigenvalue weighted by molar-refractivity contribution is 5.85. The van der Waals surface area contributed by atoms with E-state index < -0.39 is 18.1 Å². The summed E-state index contributed by atoms with van der Waals surface area (Å²) in [6.45, 7) is 1.74. The monoisotopic (exact) mass is 302 g/mol. The van der Waals surface area contributed by atoms with Gasteiger partial charge in [-0.1, -0.05) is 6.07 Å². The highest BCUT2D eigenvalue weighted by Gasteiger charge is 2.31. The molecule has 1 aromatic heterocycles. The third kappa shape index (κ3) is 3.94. The zero-order valence-electron chi connectivity index (χ0n) is 10.7. The van der Waals surface area contributed by atoms with Gasteiger partial charge < -0.3 is 14.0 Å². The van der Waals surface area contributed by atoms with Crippen molar-refractivity contribution in [3.8, 4) is 17.2 Å². The summed E-state index contributed by atoms with van der Waals surface area (Å²) in [5.74, 6) is -1.65. The third-order valence-corrected chi connectivity index (χ3v) is 2.20. The SMILES string of the molecule is CCOC(=O)c1noc(-c2cccc(OC(F)(F)F)c2)n1. The van der Waals surface area contributed by atoms with Crippen LogP contribution in [0, 0.1) is 0 Å². The van der Waals surface area contributed by atoms with Crippen LogP contribution in [0.25, 0.3) is 11.5 Å². The average molecular weight is 302 g/mol. The van der Waals surface area contributed by atoms with Crippen LogP contribution < -0.4 is 4.74 Å². The van der Waals surface area contributed by atoms with Gasteiger partial charge in [0.25, 0.3) is 11.7 Å². The molecule has 6 nitrogen and oxygen atoms in total. The summed E-state index contributed by atoms with van der Waals surface area (Å²) >= 11 is 0. The molecule has 9 heteroatoms. The normalized spacial score (nSPS) is 11.2. The summed E-state index contributed by atoms with van der Waals surface area (Å²) in [6.07, 6.45) is -4.80. The number of halogens is 3. The van der Waals surface area contributed by atoms with E-state index in [1.165, 1.54) is 12.1 Å². The summed E-state index contributed by atoms with van der Waals surface area (Å²) < 4.78 is 49.7. The van der Waals surface area contributed by atoms with Crippen molar-refractivity contribution in [3.05, 3.63) is 30.1 Å². The molecule has 1 aromatic carbocycles. The molecular weight excluding hydrogens is 293 g/mol. The number of rotatable bonds is 4. The van der Waals surface area contributed by atoms with Crippen molar-refractivity contribution >= 4 is 5.97 Å². The van der Waals surface area contributed by atoms with E-state index >= 15 is 0 Å². The number of hydrogen-bond donors (Lipinski definition) is 0. The first-order valence-corrected chi connectivity index (χ1v) is 5.76. The number of alkyl halides is 3. The maximum atomic E-state index is 12.1. The molecule has 2 rings (SSSR count). The van der Waals surface area contributed by atoms with Gasteiger partial charge in [-0.15, -0.1) is 13.2 Å². The Morgan fingerprint density at radius 2 is 2.14 bits per heavy atom. The van der Waals surface area contributed by atoms with E-state index in [2.05, 4.69) is 19.6 Å². The molecule has 0 amide bonds. The second-order valence-corrected chi connectivity index (χ2v) is 3.72. The van der Waals surface area contributed by atoms with Gasteiger partial charge in [-0.3, -0.25) is 0 Å². The van der Waals surface area contributed by atoms with Crippen LogP contribution in [-0.4, -0.2) is 29.1 Å². The van der Waals surface area contributed by atoms with Crippen LogP contribution in [0.3, 0.4) is 0 Å². The van der Waals surface area contributed by atoms with E-state index in [-0.39, 0.29) is 23.9 Å². The maximum absolute atomic E-state index is 12.1. The van der Waals surface area contributed by atoms with Crippen LogP contribution in [0.5, 0.6) is 5.75 Å². The minimum absolute atomic E-state index is 0.120. The van der Waals surface area contributed by atoms with Crippen LogP contribution in [0.2, 0.25) is 0 Å². The molecule has 0 fully saturated rings. The first kappa shape index (κ1) is 14.8. The molecule has 0 aliphatic heterocycles. The first-order valence-electron chi connectivity index (χ1n) is 5.76. The molecule has 2 aromatic rings. The van der Waals surface area contributed by atoms with Crippen molar-refractivity contribution < 1.29 is 32.0 Å². The Morgan fingerprint density at radius 1 is 1.38 bits per heavy atom. The van der Waals surface area contributed by atoms with E-state index in [1.807, 2.05) is 0 Å². The smallest absolute Gasteiger partial charge is 0.460 e. The molecule has 1 heterocycles. The third-order valence-electron chi connectivity index (χ3n) is 2.20. The molecule has 0 atom stereocenters. The fraction of sp³-hybridized carbons (Fsp3) is 0.250. The predicted octanol–water partition coefficient (Wildman–Crippen LogP) is 2.81. The van der Waals surface area contributed by atoms with Gasteiger partial charge in [0.05, 0.1) is 6.61 Å². The second kappa shape index (κ2) is 5.81. The van der Waals surface area contributed by atoms with Gasteiger partial charge in [-0.05, 0) is 30.3 Å². The van der Waals surface area contributed by atoms with Crippen molar-refractivity contribution in [1.29, 1.82) is 0 Å². The maximum Gasteiger partial charge on any atom is 0.573 e. The quantitative estimate of drug-likeness (QED) is 0.808. The van der Waals surface area contributed by atoms with Crippen LogP contribution in [0.15, 0.2) is 28.8 Å². The molecule has 21 heavy (non-hydrogen) atoms. The van der Waals surface area contributed by atoms with Crippen molar-refractivity contribution in [1.82, 2.24) is 10.1 Å². The molecular formula is C12H9F3N2O4. The molecule has 112 valence electrons. The van der Waals surface area contributed by atoms with Crippen LogP contribution in [0.4, 0.5) is 13.2 Å². The summed E-state index contributed by atoms with van der Waals surface area (Å²) in [5, 5.41) is 3.39. The number of hydrogen-bond acceptors (Lipinski definition) is 6. The zero-order chi connectivity index (χ0) is 15.5. The number of esters is 1. The van der Waals surface area contributed by atoms with E-state index in [1.54, 1.807) is 6.92 Å². The standard InChI is InChI=1S/C12H9F3N2O4/c1-2-19-11(18)9-16-10(21-17-9)7-4-3-5-8(6-7)20-12(13,14)15/h3-6H,2H2,1H3. The number of carbonyl (C=O) groups excluding carboxylic acids is 1. The minimum Gasteiger partial charge on any atom is -0.460 e. The molecule has 0 saturated heterocycles. The molecule has 0 spiro atoms. The van der Waals surface area contributed by atoms with E-state index in [0.717, 1.165) is 12.1 Å². The van der Waals surface area contributed by atoms with Gasteiger partial charge in [0.1, 0.15) is 5.75 Å². The Bertz CT molecular complexity index is 639. The Labute approximate surface area is 116 Å². The number of ether oxygens (including phenoxy) is 2. The van der Waals surface area contributed by atoms with Crippen molar-refractivity contribution in [2.24, 2.45) is 0 Å².